The number of carbonyl (C=O) groups excluding carboxylic acids is 1. The second-order valence-corrected chi connectivity index (χ2v) is 15.7. The summed E-state index contributed by atoms with van der Waals surface area (Å²) in [6.07, 6.45) is 6.32. The van der Waals surface area contributed by atoms with E-state index >= 15 is 0 Å². The summed E-state index contributed by atoms with van der Waals surface area (Å²) in [7, 11) is 3.38. The number of likely N-dealkylation sites (tertiary alicyclic amines) is 1. The maximum atomic E-state index is 14.3. The van der Waals surface area contributed by atoms with Crippen molar-refractivity contribution < 1.29 is 27.8 Å². The Bertz CT molecular complexity index is 2080. The van der Waals surface area contributed by atoms with Gasteiger partial charge in [-0.25, -0.2) is 0 Å². The molecule has 294 valence electrons. The van der Waals surface area contributed by atoms with Crippen molar-refractivity contribution in [3.8, 4) is 16.9 Å². The van der Waals surface area contributed by atoms with Gasteiger partial charge in [-0.2, -0.15) is 13.2 Å². The van der Waals surface area contributed by atoms with Crippen LogP contribution < -0.4 is 25.8 Å². The number of nitrogens with zero attached hydrogens (tertiary/aromatic N) is 4. The molecule has 3 N–H and O–H groups in total. The number of fused-ring (bicyclic) bond motifs is 1. The predicted octanol–water partition coefficient (Wildman–Crippen LogP) is 7.20. The van der Waals surface area contributed by atoms with E-state index in [0.717, 1.165) is 79.8 Å². The van der Waals surface area contributed by atoms with Crippen LogP contribution in [-0.2, 0) is 24.6 Å². The van der Waals surface area contributed by atoms with E-state index in [9.17, 15) is 27.9 Å². The number of aliphatic hydroxyl groups is 1. The van der Waals surface area contributed by atoms with Gasteiger partial charge in [-0.3, -0.25) is 19.5 Å². The lowest BCUT2D eigenvalue weighted by molar-refractivity contribution is -0.137. The second-order valence-electron chi connectivity index (χ2n) is 15.3. The van der Waals surface area contributed by atoms with E-state index in [1.807, 2.05) is 29.3 Å². The molecule has 4 aromatic rings. The smallest absolute Gasteiger partial charge is 0.418 e. The number of halogens is 4. The fraction of sp³-hybridized carbons (Fsp3) is 0.488. The first-order chi connectivity index (χ1) is 26.4. The zero-order valence-corrected chi connectivity index (χ0v) is 31.9. The van der Waals surface area contributed by atoms with Crippen LogP contribution in [0.3, 0.4) is 0 Å². The van der Waals surface area contributed by atoms with Gasteiger partial charge >= 0.3 is 6.18 Å². The molecule has 2 unspecified atom stereocenters. The molecule has 55 heavy (non-hydrogen) atoms. The van der Waals surface area contributed by atoms with Gasteiger partial charge in [-0.15, -0.1) is 0 Å². The summed E-state index contributed by atoms with van der Waals surface area (Å²) in [5, 5.41) is 16.9. The van der Waals surface area contributed by atoms with Crippen molar-refractivity contribution in [1.29, 1.82) is 0 Å². The number of pyridine rings is 2. The Hall–Kier alpha value is -4.33. The minimum Gasteiger partial charge on any atom is -0.496 e. The van der Waals surface area contributed by atoms with Crippen molar-refractivity contribution in [3.63, 3.8) is 0 Å². The number of hydrogen-bond donors (Lipinski definition) is 3. The fourth-order valence-corrected chi connectivity index (χ4v) is 8.77. The van der Waals surface area contributed by atoms with Crippen molar-refractivity contribution in [2.75, 3.05) is 43.5 Å². The van der Waals surface area contributed by atoms with Gasteiger partial charge in [0.2, 0.25) is 5.91 Å². The minimum absolute atomic E-state index is 0.109. The highest BCUT2D eigenvalue weighted by molar-refractivity contribution is 6.32. The summed E-state index contributed by atoms with van der Waals surface area (Å²) in [5.41, 5.74) is 2.27. The Morgan fingerprint density at radius 2 is 1.67 bits per heavy atom. The van der Waals surface area contributed by atoms with Crippen LogP contribution in [0.2, 0.25) is 5.02 Å². The molecule has 0 aliphatic carbocycles. The topological polar surface area (TPSA) is 112 Å². The first kappa shape index (κ1) is 38.9. The lowest BCUT2D eigenvalue weighted by atomic mass is 9.85. The summed E-state index contributed by atoms with van der Waals surface area (Å²) in [4.78, 5) is 33.3. The van der Waals surface area contributed by atoms with Crippen molar-refractivity contribution in [1.82, 2.24) is 19.8 Å². The van der Waals surface area contributed by atoms with E-state index in [1.54, 1.807) is 37.2 Å². The summed E-state index contributed by atoms with van der Waals surface area (Å²) in [5.74, 6) is 1.36. The Balaban J connectivity index is 0.907. The first-order valence-electron chi connectivity index (χ1n) is 19.1. The summed E-state index contributed by atoms with van der Waals surface area (Å²) in [6, 6.07) is 9.30. The van der Waals surface area contributed by atoms with Gasteiger partial charge in [0.05, 0.1) is 18.1 Å². The number of aryl methyl sites for hydroxylation is 1. The molecule has 1 amide bonds. The lowest BCUT2D eigenvalue weighted by Gasteiger charge is -2.37. The van der Waals surface area contributed by atoms with Crippen molar-refractivity contribution in [2.24, 2.45) is 18.9 Å². The highest BCUT2D eigenvalue weighted by atomic mass is 35.5. The molecule has 2 aromatic heterocycles. The zero-order valence-electron chi connectivity index (χ0n) is 31.2. The zero-order chi connectivity index (χ0) is 38.9. The molecular formula is C41H48ClF3N6O4. The highest BCUT2D eigenvalue weighted by Gasteiger charge is 2.37. The van der Waals surface area contributed by atoms with Gasteiger partial charge in [0, 0.05) is 72.8 Å². The van der Waals surface area contributed by atoms with Gasteiger partial charge in [-0.1, -0.05) is 24.4 Å². The second kappa shape index (κ2) is 16.4. The Morgan fingerprint density at radius 1 is 0.964 bits per heavy atom. The van der Waals surface area contributed by atoms with Crippen molar-refractivity contribution >= 4 is 39.7 Å². The van der Waals surface area contributed by atoms with Crippen LogP contribution in [0.5, 0.6) is 5.75 Å². The van der Waals surface area contributed by atoms with Gasteiger partial charge in [0.25, 0.3) is 5.56 Å². The third-order valence-electron chi connectivity index (χ3n) is 11.7. The number of methoxy groups -OCH3 is 1. The van der Waals surface area contributed by atoms with Gasteiger partial charge < -0.3 is 29.9 Å². The van der Waals surface area contributed by atoms with E-state index in [2.05, 4.69) is 20.5 Å². The van der Waals surface area contributed by atoms with Gasteiger partial charge in [-0.05, 0) is 111 Å². The van der Waals surface area contributed by atoms with Crippen LogP contribution in [0, 0.1) is 11.8 Å². The monoisotopic (exact) mass is 780 g/mol. The number of amides is 1. The first-order valence-corrected chi connectivity index (χ1v) is 19.5. The quantitative estimate of drug-likeness (QED) is 0.155. The number of hydrogen-bond acceptors (Lipinski definition) is 8. The van der Waals surface area contributed by atoms with Gasteiger partial charge in [0.15, 0.2) is 0 Å². The largest absolute Gasteiger partial charge is 0.496 e. The number of ether oxygens (including phenoxy) is 1. The van der Waals surface area contributed by atoms with Crippen LogP contribution in [0.1, 0.15) is 62.5 Å². The van der Waals surface area contributed by atoms with E-state index in [4.69, 9.17) is 16.3 Å². The number of carbonyl (C=O) groups is 1. The molecule has 3 aliphatic rings. The third kappa shape index (κ3) is 8.74. The molecule has 5 heterocycles. The standard InChI is InChI=1S/C41H48ClF3N6O4/c1-49-23-31(29-9-14-46-22-30(29)40(49)54)27-19-34(42)32(37(20-27)55-2)24-50-15-10-25(11-16-50)3-4-26-12-17-51(18-13-26)36-7-5-28(21-33(36)41(43,44)45)47-35-6-8-38(52)48-39(35)53/h5,7,9,14,19-23,25-26,35,38,47,52H,3-4,6,8,10-13,15-18,24H2,1-2H3,(H,48,53). The number of aliphatic hydroxyl groups excluding tert-OH is 1. The average molecular weight is 781 g/mol. The minimum atomic E-state index is -4.54. The molecule has 0 spiro atoms. The molecule has 3 saturated heterocycles. The number of aromatic nitrogens is 2. The molecule has 7 rings (SSSR count). The SMILES string of the molecule is COc1cc(-c2cn(C)c(=O)c3cnccc23)cc(Cl)c1CN1CCC(CCC2CCN(c3ccc(NC4CCC(O)NC4=O)cc3C(F)(F)F)CC2)CC1. The van der Waals surface area contributed by atoms with Gasteiger partial charge in [0.1, 0.15) is 18.0 Å². The normalized spacial score (nSPS) is 20.5. The van der Waals surface area contributed by atoms with Crippen molar-refractivity contribution in [3.05, 3.63) is 81.5 Å². The molecule has 2 atom stereocenters. The number of nitrogens with one attached hydrogen (secondary N) is 2. The Morgan fingerprint density at radius 3 is 2.35 bits per heavy atom. The van der Waals surface area contributed by atoms with Crippen LogP contribution in [0.25, 0.3) is 21.9 Å². The van der Waals surface area contributed by atoms with Crippen LogP contribution >= 0.6 is 11.6 Å². The third-order valence-corrected chi connectivity index (χ3v) is 12.0. The molecule has 0 saturated carbocycles. The number of piperidine rings is 3. The maximum absolute atomic E-state index is 14.3. The highest BCUT2D eigenvalue weighted by Crippen LogP contribution is 2.41. The molecule has 3 aliphatic heterocycles. The number of benzene rings is 2. The van der Waals surface area contributed by atoms with Crippen LogP contribution in [0.15, 0.2) is 59.8 Å². The lowest BCUT2D eigenvalue weighted by Crippen LogP contribution is -2.49. The number of alkyl halides is 3. The molecule has 0 radical (unpaired) electrons. The van der Waals surface area contributed by atoms with E-state index in [0.29, 0.717) is 60.5 Å². The van der Waals surface area contributed by atoms with Crippen molar-refractivity contribution in [2.45, 2.75) is 76.4 Å². The fourth-order valence-electron chi connectivity index (χ4n) is 8.49. The molecule has 14 heteroatoms. The molecule has 10 nitrogen and oxygen atoms in total. The molecular weight excluding hydrogens is 733 g/mol. The van der Waals surface area contributed by atoms with E-state index in [1.165, 1.54) is 6.07 Å². The average Bonchev–Trinajstić information content (AvgIpc) is 3.17. The molecule has 3 fully saturated rings. The summed E-state index contributed by atoms with van der Waals surface area (Å²) >= 11 is 6.93. The Labute approximate surface area is 323 Å². The summed E-state index contributed by atoms with van der Waals surface area (Å²) < 4.78 is 50.2. The molecule has 0 bridgehead atoms. The predicted molar refractivity (Wildman–Crippen MR) is 208 cm³/mol. The van der Waals surface area contributed by atoms with E-state index < -0.39 is 29.9 Å². The number of anilines is 2. The summed E-state index contributed by atoms with van der Waals surface area (Å²) in [6.45, 7) is 3.70. The van der Waals surface area contributed by atoms with Crippen LogP contribution in [0.4, 0.5) is 24.5 Å². The maximum Gasteiger partial charge on any atom is 0.418 e. The van der Waals surface area contributed by atoms with Crippen LogP contribution in [-0.4, -0.2) is 71.0 Å². The van der Waals surface area contributed by atoms with E-state index in [-0.39, 0.29) is 16.9 Å². The molecule has 2 aromatic carbocycles. The Kier molecular flexibility index (Phi) is 11.6. The number of rotatable bonds is 10.